The van der Waals surface area contributed by atoms with Crippen LogP contribution < -0.4 is 10.1 Å². The predicted octanol–water partition coefficient (Wildman–Crippen LogP) is 3.75. The maximum Gasteiger partial charge on any atom is 0.261 e. The van der Waals surface area contributed by atoms with Crippen LogP contribution in [0.5, 0.6) is 5.75 Å². The van der Waals surface area contributed by atoms with Gasteiger partial charge in [0.1, 0.15) is 5.75 Å². The van der Waals surface area contributed by atoms with Crippen LogP contribution in [0.3, 0.4) is 0 Å². The molecule has 126 valence electrons. The summed E-state index contributed by atoms with van der Waals surface area (Å²) in [6, 6.07) is 5.86. The first-order valence-electron chi connectivity index (χ1n) is 7.77. The summed E-state index contributed by atoms with van der Waals surface area (Å²) in [4.78, 5) is 13.3. The summed E-state index contributed by atoms with van der Waals surface area (Å²) >= 11 is 1.50. The highest BCUT2D eigenvalue weighted by Crippen LogP contribution is 2.33. The largest absolute Gasteiger partial charge is 0.497 e. The molecule has 1 heterocycles. The van der Waals surface area contributed by atoms with Crippen molar-refractivity contribution < 1.29 is 14.6 Å². The monoisotopic (exact) mass is 335 g/mol. The van der Waals surface area contributed by atoms with Gasteiger partial charge in [0, 0.05) is 11.2 Å². The summed E-state index contributed by atoms with van der Waals surface area (Å²) in [5, 5.41) is 13.6. The molecule has 0 aliphatic rings. The van der Waals surface area contributed by atoms with Gasteiger partial charge < -0.3 is 15.2 Å². The Kier molecular flexibility index (Phi) is 5.32. The second-order valence-electron chi connectivity index (χ2n) is 6.82. The fraction of sp³-hybridized carbons (Fsp3) is 0.500. The van der Waals surface area contributed by atoms with Crippen LogP contribution >= 0.6 is 11.3 Å². The number of hydrogen-bond acceptors (Lipinski definition) is 4. The first-order valence-corrected chi connectivity index (χ1v) is 8.58. The van der Waals surface area contributed by atoms with E-state index in [0.717, 1.165) is 26.3 Å². The molecule has 1 aromatic heterocycles. The average Bonchev–Trinajstić information content (AvgIpc) is 2.80. The number of nitrogens with one attached hydrogen (secondary N) is 1. The van der Waals surface area contributed by atoms with Crippen LogP contribution in [0.15, 0.2) is 18.2 Å². The molecule has 2 aromatic rings. The van der Waals surface area contributed by atoms with Crippen LogP contribution in [0.1, 0.15) is 42.4 Å². The molecule has 1 aromatic carbocycles. The van der Waals surface area contributed by atoms with Crippen molar-refractivity contribution >= 4 is 27.3 Å². The first kappa shape index (κ1) is 17.8. The molecule has 0 fully saturated rings. The molecule has 5 heteroatoms. The summed E-state index contributed by atoms with van der Waals surface area (Å²) in [6.07, 6.45) is 0.274. The van der Waals surface area contributed by atoms with Crippen molar-refractivity contribution in [1.29, 1.82) is 0 Å². The van der Waals surface area contributed by atoms with Crippen molar-refractivity contribution in [3.63, 3.8) is 0 Å². The summed E-state index contributed by atoms with van der Waals surface area (Å²) < 4.78 is 6.34. The lowest BCUT2D eigenvalue weighted by molar-refractivity contribution is 0.0905. The third-order valence-electron chi connectivity index (χ3n) is 3.93. The van der Waals surface area contributed by atoms with Gasteiger partial charge in [-0.15, -0.1) is 11.3 Å². The highest BCUT2D eigenvalue weighted by molar-refractivity contribution is 7.21. The number of rotatable bonds is 6. The van der Waals surface area contributed by atoms with Crippen molar-refractivity contribution in [3.05, 3.63) is 28.6 Å². The number of thiophene rings is 1. The van der Waals surface area contributed by atoms with Crippen LogP contribution in [0, 0.1) is 12.3 Å². The standard InChI is InChI=1S/C18H25NO3S/c1-11(20)9-18(3,4)10-19-17(21)16-12(2)14-8-13(22-5)6-7-15(14)23-16/h6-8,11,20H,9-10H2,1-5H3,(H,19,21). The zero-order valence-corrected chi connectivity index (χ0v) is 15.2. The minimum atomic E-state index is -0.375. The molecule has 23 heavy (non-hydrogen) atoms. The minimum absolute atomic E-state index is 0.0543. The Bertz CT molecular complexity index is 704. The summed E-state index contributed by atoms with van der Waals surface area (Å²) in [6.45, 7) is 8.36. The topological polar surface area (TPSA) is 58.6 Å². The highest BCUT2D eigenvalue weighted by Gasteiger charge is 2.23. The van der Waals surface area contributed by atoms with Crippen molar-refractivity contribution in [2.45, 2.75) is 40.2 Å². The van der Waals surface area contributed by atoms with Crippen molar-refractivity contribution in [3.8, 4) is 5.75 Å². The Morgan fingerprint density at radius 3 is 2.74 bits per heavy atom. The van der Waals surface area contributed by atoms with Gasteiger partial charge in [-0.25, -0.2) is 0 Å². The molecule has 0 bridgehead atoms. The smallest absolute Gasteiger partial charge is 0.261 e. The number of methoxy groups -OCH3 is 1. The number of carbonyl (C=O) groups is 1. The Labute approximate surface area is 141 Å². The molecule has 0 spiro atoms. The highest BCUT2D eigenvalue weighted by atomic mass is 32.1. The first-order chi connectivity index (χ1) is 10.7. The fourth-order valence-corrected chi connectivity index (χ4v) is 3.92. The van der Waals surface area contributed by atoms with E-state index in [1.165, 1.54) is 11.3 Å². The zero-order chi connectivity index (χ0) is 17.2. The number of ether oxygens (including phenoxy) is 1. The van der Waals surface area contributed by atoms with Gasteiger partial charge >= 0.3 is 0 Å². The Morgan fingerprint density at radius 2 is 2.13 bits per heavy atom. The van der Waals surface area contributed by atoms with E-state index < -0.39 is 0 Å². The van der Waals surface area contributed by atoms with Gasteiger partial charge in [0.25, 0.3) is 5.91 Å². The molecule has 1 amide bonds. The Hall–Kier alpha value is -1.59. The van der Waals surface area contributed by atoms with E-state index in [2.05, 4.69) is 5.32 Å². The van der Waals surface area contributed by atoms with Gasteiger partial charge in [0.05, 0.1) is 18.1 Å². The molecule has 1 unspecified atom stereocenters. The van der Waals surface area contributed by atoms with Gasteiger partial charge in [-0.1, -0.05) is 13.8 Å². The number of aliphatic hydroxyl groups is 1. The summed E-state index contributed by atoms with van der Waals surface area (Å²) in [5.41, 5.74) is 0.840. The van der Waals surface area contributed by atoms with Gasteiger partial charge in [0.15, 0.2) is 0 Å². The van der Waals surface area contributed by atoms with Crippen LogP contribution in [-0.2, 0) is 0 Å². The molecule has 2 N–H and O–H groups in total. The fourth-order valence-electron chi connectivity index (χ4n) is 2.82. The van der Waals surface area contributed by atoms with Crippen LogP contribution in [0.4, 0.5) is 0 Å². The van der Waals surface area contributed by atoms with Gasteiger partial charge in [-0.3, -0.25) is 4.79 Å². The molecule has 4 nitrogen and oxygen atoms in total. The van der Waals surface area contributed by atoms with E-state index in [0.29, 0.717) is 13.0 Å². The molecular weight excluding hydrogens is 310 g/mol. The third-order valence-corrected chi connectivity index (χ3v) is 5.20. The van der Waals surface area contributed by atoms with E-state index in [-0.39, 0.29) is 17.4 Å². The quantitative estimate of drug-likeness (QED) is 0.845. The van der Waals surface area contributed by atoms with E-state index in [9.17, 15) is 9.90 Å². The molecule has 0 saturated carbocycles. The number of carbonyl (C=O) groups excluding carboxylic acids is 1. The average molecular weight is 335 g/mol. The normalized spacial score (nSPS) is 13.1. The third kappa shape index (κ3) is 4.24. The summed E-state index contributed by atoms with van der Waals surface area (Å²) in [7, 11) is 1.64. The van der Waals surface area contributed by atoms with Crippen molar-refractivity contribution in [2.75, 3.05) is 13.7 Å². The van der Waals surface area contributed by atoms with Gasteiger partial charge in [-0.05, 0) is 54.8 Å². The Morgan fingerprint density at radius 1 is 1.43 bits per heavy atom. The number of aryl methyl sites for hydroxylation is 1. The van der Waals surface area contributed by atoms with E-state index in [1.807, 2.05) is 39.0 Å². The number of hydrogen-bond donors (Lipinski definition) is 2. The molecule has 0 radical (unpaired) electrons. The number of aliphatic hydroxyl groups excluding tert-OH is 1. The lowest BCUT2D eigenvalue weighted by Crippen LogP contribution is -2.35. The molecular formula is C18H25NO3S. The maximum atomic E-state index is 12.5. The molecule has 0 aliphatic heterocycles. The molecule has 1 atom stereocenters. The lowest BCUT2D eigenvalue weighted by atomic mass is 9.87. The molecule has 2 rings (SSSR count). The second kappa shape index (κ2) is 6.89. The maximum absolute atomic E-state index is 12.5. The minimum Gasteiger partial charge on any atom is -0.497 e. The van der Waals surface area contributed by atoms with Crippen LogP contribution in [0.25, 0.3) is 10.1 Å². The van der Waals surface area contributed by atoms with Crippen molar-refractivity contribution in [1.82, 2.24) is 5.32 Å². The zero-order valence-electron chi connectivity index (χ0n) is 14.4. The molecule has 0 saturated heterocycles. The van der Waals surface area contributed by atoms with E-state index >= 15 is 0 Å². The summed E-state index contributed by atoms with van der Waals surface area (Å²) in [5.74, 6) is 0.741. The lowest BCUT2D eigenvalue weighted by Gasteiger charge is -2.26. The predicted molar refractivity (Wildman–Crippen MR) is 95.5 cm³/mol. The number of benzene rings is 1. The van der Waals surface area contributed by atoms with Gasteiger partial charge in [0.2, 0.25) is 0 Å². The van der Waals surface area contributed by atoms with Crippen molar-refractivity contribution in [2.24, 2.45) is 5.41 Å². The van der Waals surface area contributed by atoms with Crippen LogP contribution in [-0.4, -0.2) is 30.8 Å². The SMILES string of the molecule is COc1ccc2sc(C(=O)NCC(C)(C)CC(C)O)c(C)c2c1. The van der Waals surface area contributed by atoms with E-state index in [1.54, 1.807) is 14.0 Å². The number of fused-ring (bicyclic) bond motifs is 1. The molecule has 0 aliphatic carbocycles. The number of amides is 1. The van der Waals surface area contributed by atoms with Gasteiger partial charge in [-0.2, -0.15) is 0 Å². The Balaban J connectivity index is 2.17. The van der Waals surface area contributed by atoms with Crippen LogP contribution in [0.2, 0.25) is 0 Å². The second-order valence-corrected chi connectivity index (χ2v) is 7.87. The van der Waals surface area contributed by atoms with E-state index in [4.69, 9.17) is 4.74 Å².